The van der Waals surface area contributed by atoms with Gasteiger partial charge in [0.1, 0.15) is 6.17 Å². The maximum absolute atomic E-state index is 17.1. The van der Waals surface area contributed by atoms with Crippen LogP contribution in [0.5, 0.6) is 0 Å². The number of carboxylic acids is 1. The summed E-state index contributed by atoms with van der Waals surface area (Å²) in [5, 5.41) is 20.0. The highest BCUT2D eigenvalue weighted by Gasteiger charge is 2.75. The van der Waals surface area contributed by atoms with Crippen LogP contribution in [0.1, 0.15) is 47.0 Å². The molecule has 32 heavy (non-hydrogen) atoms. The van der Waals surface area contributed by atoms with Gasteiger partial charge in [0.05, 0.1) is 11.9 Å². The lowest BCUT2D eigenvalue weighted by Gasteiger charge is -2.63. The lowest BCUT2D eigenvalue weighted by atomic mass is 9.43. The fourth-order valence-electron chi connectivity index (χ4n) is 7.48. The van der Waals surface area contributed by atoms with Gasteiger partial charge in [-0.15, -0.1) is 0 Å². The maximum atomic E-state index is 17.1. The number of fused-ring (bicyclic) bond motifs is 5. The van der Waals surface area contributed by atoms with Crippen molar-refractivity contribution in [1.82, 2.24) is 0 Å². The van der Waals surface area contributed by atoms with Gasteiger partial charge in [0.25, 0.3) is 0 Å². The van der Waals surface area contributed by atoms with Crippen LogP contribution in [0.15, 0.2) is 23.8 Å². The van der Waals surface area contributed by atoms with E-state index in [0.29, 0.717) is 6.42 Å². The molecule has 3 saturated carbocycles. The van der Waals surface area contributed by atoms with Crippen molar-refractivity contribution in [2.24, 2.45) is 34.0 Å². The molecule has 8 heteroatoms. The van der Waals surface area contributed by atoms with Crippen LogP contribution in [0.3, 0.4) is 0 Å². The molecule has 0 aromatic carbocycles. The molecule has 0 amide bonds. The molecule has 176 valence electrons. The van der Waals surface area contributed by atoms with E-state index in [9.17, 15) is 19.5 Å². The quantitative estimate of drug-likeness (QED) is 0.653. The van der Waals surface area contributed by atoms with Crippen LogP contribution in [0.25, 0.3) is 0 Å². The van der Waals surface area contributed by atoms with Gasteiger partial charge in [0, 0.05) is 16.7 Å². The molecule has 2 N–H and O–H groups in total. The number of carboxylic acid groups (broad SMARTS) is 1. The summed E-state index contributed by atoms with van der Waals surface area (Å²) < 4.78 is 32.5. The van der Waals surface area contributed by atoms with Crippen LogP contribution in [0, 0.1) is 34.0 Å². The third-order valence-electron chi connectivity index (χ3n) is 9.55. The number of allylic oxidation sites excluding steroid dienone is 4. The summed E-state index contributed by atoms with van der Waals surface area (Å²) in [7, 11) is 0. The van der Waals surface area contributed by atoms with E-state index in [0.717, 1.165) is 17.8 Å². The molecule has 0 aromatic rings. The van der Waals surface area contributed by atoms with Crippen LogP contribution in [-0.2, 0) is 14.4 Å². The number of rotatable bonds is 3. The fourth-order valence-corrected chi connectivity index (χ4v) is 8.46. The predicted octanol–water partition coefficient (Wildman–Crippen LogP) is 3.90. The van der Waals surface area contributed by atoms with Gasteiger partial charge in [-0.25, -0.2) is 8.78 Å². The third-order valence-corrected chi connectivity index (χ3v) is 10.6. The molecule has 0 bridgehead atoms. The molecule has 3 fully saturated rings. The highest BCUT2D eigenvalue weighted by molar-refractivity contribution is 8.14. The first-order valence-corrected chi connectivity index (χ1v) is 12.1. The summed E-state index contributed by atoms with van der Waals surface area (Å²) in [5.41, 5.74) is -5.35. The number of aliphatic hydroxyl groups is 1. The molecule has 5 nitrogen and oxygen atoms in total. The SMILES string of the molecule is C[C@@H]1CC2C3C[C@H](F)C4=CC(=O)C=C[C@]4(C)[C@@]3(F)[C@@H](O)C[C@]2(C)[C@@]1(C)C(=O)SCC(=O)O. The number of hydrogen-bond acceptors (Lipinski definition) is 5. The van der Waals surface area contributed by atoms with E-state index in [1.165, 1.54) is 12.2 Å². The third kappa shape index (κ3) is 2.74. The van der Waals surface area contributed by atoms with E-state index >= 15 is 8.78 Å². The second kappa shape index (κ2) is 7.23. The van der Waals surface area contributed by atoms with Crippen molar-refractivity contribution in [3.63, 3.8) is 0 Å². The molecule has 0 heterocycles. The van der Waals surface area contributed by atoms with Gasteiger partial charge < -0.3 is 10.2 Å². The summed E-state index contributed by atoms with van der Waals surface area (Å²) in [6.45, 7) is 7.11. The van der Waals surface area contributed by atoms with E-state index in [1.807, 2.05) is 13.8 Å². The van der Waals surface area contributed by atoms with Crippen LogP contribution in [0.2, 0.25) is 0 Å². The normalized spacial score (nSPS) is 49.7. The van der Waals surface area contributed by atoms with Crippen molar-refractivity contribution in [3.8, 4) is 0 Å². The van der Waals surface area contributed by atoms with Gasteiger partial charge in [0.15, 0.2) is 16.6 Å². The predicted molar refractivity (Wildman–Crippen MR) is 116 cm³/mol. The average molecular weight is 469 g/mol. The standard InChI is InChI=1S/C24H30F2O5S/c1-12-7-14-15-9-17(25)16-8-13(27)5-6-21(16,2)24(15,26)18(28)10-22(14,3)23(12,4)20(31)32-11-19(29)30/h5-6,8,12,14-15,17-18,28H,7,9-11H2,1-4H3,(H,29,30)/t12-,14?,15?,17+,18+,21+,22+,23-,24+/m1/s1. The van der Waals surface area contributed by atoms with E-state index in [4.69, 9.17) is 5.11 Å². The lowest BCUT2D eigenvalue weighted by molar-refractivity contribution is -0.209. The number of carbonyl (C=O) groups is 3. The minimum absolute atomic E-state index is 0.00644. The topological polar surface area (TPSA) is 91.7 Å². The zero-order valence-corrected chi connectivity index (χ0v) is 19.5. The Morgan fingerprint density at radius 1 is 1.22 bits per heavy atom. The number of aliphatic carboxylic acids is 1. The average Bonchev–Trinajstić information content (AvgIpc) is 2.91. The molecular formula is C24H30F2O5S. The number of alkyl halides is 2. The van der Waals surface area contributed by atoms with Gasteiger partial charge in [-0.1, -0.05) is 38.6 Å². The van der Waals surface area contributed by atoms with E-state index in [1.54, 1.807) is 13.8 Å². The molecule has 0 aromatic heterocycles. The summed E-state index contributed by atoms with van der Waals surface area (Å²) in [4.78, 5) is 36.2. The lowest BCUT2D eigenvalue weighted by Crippen LogP contribution is -2.69. The van der Waals surface area contributed by atoms with Crippen LogP contribution < -0.4 is 0 Å². The molecule has 9 atom stereocenters. The molecule has 4 aliphatic carbocycles. The smallest absolute Gasteiger partial charge is 0.313 e. The molecule has 0 spiro atoms. The highest BCUT2D eigenvalue weighted by Crippen LogP contribution is 2.73. The summed E-state index contributed by atoms with van der Waals surface area (Å²) in [6.07, 6.45) is 1.17. The molecule has 0 aliphatic heterocycles. The van der Waals surface area contributed by atoms with Gasteiger partial charge in [0.2, 0.25) is 0 Å². The Bertz CT molecular complexity index is 949. The summed E-state index contributed by atoms with van der Waals surface area (Å²) in [6, 6.07) is 0. The minimum Gasteiger partial charge on any atom is -0.481 e. The van der Waals surface area contributed by atoms with Gasteiger partial charge in [-0.2, -0.15) is 0 Å². The van der Waals surface area contributed by atoms with Crippen molar-refractivity contribution in [3.05, 3.63) is 23.8 Å². The van der Waals surface area contributed by atoms with E-state index < -0.39 is 46.1 Å². The number of aliphatic hydroxyl groups excluding tert-OH is 1. The van der Waals surface area contributed by atoms with E-state index in [2.05, 4.69) is 0 Å². The Morgan fingerprint density at radius 2 is 1.88 bits per heavy atom. The van der Waals surface area contributed by atoms with Crippen LogP contribution >= 0.6 is 11.8 Å². The Morgan fingerprint density at radius 3 is 2.50 bits per heavy atom. The Labute approximate surface area is 190 Å². The first-order valence-electron chi connectivity index (χ1n) is 11.1. The molecule has 2 unspecified atom stereocenters. The molecule has 4 rings (SSSR count). The number of carbonyl (C=O) groups excluding carboxylic acids is 2. The van der Waals surface area contributed by atoms with Crippen LogP contribution in [0.4, 0.5) is 8.78 Å². The highest BCUT2D eigenvalue weighted by atomic mass is 32.2. The second-order valence-electron chi connectivity index (χ2n) is 10.7. The van der Waals surface area contributed by atoms with E-state index in [-0.39, 0.29) is 46.9 Å². The van der Waals surface area contributed by atoms with Gasteiger partial charge >= 0.3 is 5.97 Å². The monoisotopic (exact) mass is 468 g/mol. The number of thioether (sulfide) groups is 1. The largest absolute Gasteiger partial charge is 0.481 e. The molecule has 0 radical (unpaired) electrons. The van der Waals surface area contributed by atoms with Crippen molar-refractivity contribution in [1.29, 1.82) is 0 Å². The van der Waals surface area contributed by atoms with Crippen LogP contribution in [-0.4, -0.2) is 50.8 Å². The summed E-state index contributed by atoms with van der Waals surface area (Å²) in [5.74, 6) is -3.24. The van der Waals surface area contributed by atoms with Crippen molar-refractivity contribution >= 4 is 28.6 Å². The minimum atomic E-state index is -2.18. The zero-order chi connectivity index (χ0) is 23.9. The van der Waals surface area contributed by atoms with Gasteiger partial charge in [-0.05, 0) is 61.2 Å². The van der Waals surface area contributed by atoms with Gasteiger partial charge in [-0.3, -0.25) is 14.4 Å². The first kappa shape index (κ1) is 23.6. The Hall–Kier alpha value is -1.54. The van der Waals surface area contributed by atoms with Crippen molar-refractivity contribution in [2.45, 2.75) is 64.9 Å². The number of halogens is 2. The first-order chi connectivity index (χ1) is 14.7. The Kier molecular flexibility index (Phi) is 5.33. The van der Waals surface area contributed by atoms with Crippen molar-refractivity contribution < 1.29 is 33.4 Å². The number of ketones is 1. The number of hydrogen-bond donors (Lipinski definition) is 2. The maximum Gasteiger partial charge on any atom is 0.313 e. The molecule has 0 saturated heterocycles. The molecule has 4 aliphatic rings. The molecular weight excluding hydrogens is 438 g/mol. The Balaban J connectivity index is 1.79. The van der Waals surface area contributed by atoms with Crippen molar-refractivity contribution in [2.75, 3.05) is 5.75 Å². The summed E-state index contributed by atoms with van der Waals surface area (Å²) >= 11 is 0.741. The zero-order valence-electron chi connectivity index (χ0n) is 18.7. The fraction of sp³-hybridized carbons (Fsp3) is 0.708. The second-order valence-corrected chi connectivity index (χ2v) is 11.6.